The van der Waals surface area contributed by atoms with Crippen LogP contribution in [0.25, 0.3) is 21.5 Å². The SMILES string of the molecule is CCN(CC)P(=S)(Oc1ccc2ccccc2c1)Oc1ccc2ccccc2c1. The third kappa shape index (κ3) is 4.30. The Morgan fingerprint density at radius 1 is 0.655 bits per heavy atom. The molecule has 5 heteroatoms. The molecule has 148 valence electrons. The van der Waals surface area contributed by atoms with Crippen LogP contribution >= 0.6 is 6.64 Å². The molecular weight excluding hydrogens is 397 g/mol. The molecule has 0 N–H and O–H groups in total. The summed E-state index contributed by atoms with van der Waals surface area (Å²) in [6, 6.07) is 28.6. The van der Waals surface area contributed by atoms with Gasteiger partial charge in [0.15, 0.2) is 0 Å². The van der Waals surface area contributed by atoms with E-state index in [4.69, 9.17) is 20.9 Å². The van der Waals surface area contributed by atoms with Crippen molar-refractivity contribution in [3.05, 3.63) is 84.9 Å². The first kappa shape index (κ1) is 19.9. The van der Waals surface area contributed by atoms with Crippen LogP contribution in [0.5, 0.6) is 11.5 Å². The molecule has 0 saturated heterocycles. The van der Waals surface area contributed by atoms with Crippen LogP contribution < -0.4 is 9.05 Å². The van der Waals surface area contributed by atoms with Gasteiger partial charge < -0.3 is 9.05 Å². The second-order valence-corrected chi connectivity index (χ2v) is 10.1. The summed E-state index contributed by atoms with van der Waals surface area (Å²) >= 11 is 6.02. The maximum atomic E-state index is 6.40. The molecule has 0 aliphatic heterocycles. The van der Waals surface area contributed by atoms with Crippen LogP contribution in [0.3, 0.4) is 0 Å². The second kappa shape index (κ2) is 8.54. The number of hydrogen-bond donors (Lipinski definition) is 0. The van der Waals surface area contributed by atoms with Crippen molar-refractivity contribution in [2.45, 2.75) is 13.8 Å². The highest BCUT2D eigenvalue weighted by atomic mass is 32.5. The predicted molar refractivity (Wildman–Crippen MR) is 126 cm³/mol. The van der Waals surface area contributed by atoms with Crippen LogP contribution in [0, 0.1) is 0 Å². The Labute approximate surface area is 177 Å². The van der Waals surface area contributed by atoms with Crippen LogP contribution in [0.1, 0.15) is 13.8 Å². The third-order valence-corrected chi connectivity index (χ3v) is 8.24. The fourth-order valence-corrected chi connectivity index (χ4v) is 6.35. The highest BCUT2D eigenvalue weighted by molar-refractivity contribution is 8.09. The van der Waals surface area contributed by atoms with Crippen molar-refractivity contribution >= 4 is 40.0 Å². The van der Waals surface area contributed by atoms with E-state index in [1.165, 1.54) is 10.8 Å². The summed E-state index contributed by atoms with van der Waals surface area (Å²) in [5.41, 5.74) is 0. The van der Waals surface area contributed by atoms with Gasteiger partial charge in [-0.05, 0) is 45.8 Å². The number of nitrogens with zero attached hydrogens (tertiary/aromatic N) is 1. The molecule has 0 fully saturated rings. The Hall–Kier alpha value is -2.39. The summed E-state index contributed by atoms with van der Waals surface area (Å²) in [6.45, 7) is 2.92. The van der Waals surface area contributed by atoms with Gasteiger partial charge in [0, 0.05) is 24.9 Å². The van der Waals surface area contributed by atoms with Crippen molar-refractivity contribution in [2.75, 3.05) is 13.1 Å². The molecule has 0 aromatic heterocycles. The first-order chi connectivity index (χ1) is 14.1. The van der Waals surface area contributed by atoms with Gasteiger partial charge in [-0.2, -0.15) is 0 Å². The zero-order valence-corrected chi connectivity index (χ0v) is 18.3. The molecule has 4 aromatic carbocycles. The van der Waals surface area contributed by atoms with Crippen molar-refractivity contribution in [1.82, 2.24) is 4.67 Å². The Balaban J connectivity index is 1.69. The molecule has 4 aromatic rings. The lowest BCUT2D eigenvalue weighted by molar-refractivity contribution is 0.368. The van der Waals surface area contributed by atoms with Crippen molar-refractivity contribution in [2.24, 2.45) is 0 Å². The van der Waals surface area contributed by atoms with E-state index in [1.807, 2.05) is 48.5 Å². The Bertz CT molecular complexity index is 1100. The summed E-state index contributed by atoms with van der Waals surface area (Å²) in [6.07, 6.45) is 0. The molecule has 0 aliphatic rings. The molecule has 0 heterocycles. The van der Waals surface area contributed by atoms with Gasteiger partial charge in [0.05, 0.1) is 0 Å². The first-order valence-electron chi connectivity index (χ1n) is 9.83. The van der Waals surface area contributed by atoms with Gasteiger partial charge in [0.1, 0.15) is 11.5 Å². The topological polar surface area (TPSA) is 21.7 Å². The first-order valence-corrected chi connectivity index (χ1v) is 12.4. The zero-order valence-electron chi connectivity index (χ0n) is 16.6. The van der Waals surface area contributed by atoms with Gasteiger partial charge in [-0.15, -0.1) is 0 Å². The van der Waals surface area contributed by atoms with E-state index in [-0.39, 0.29) is 0 Å². The molecule has 3 nitrogen and oxygen atoms in total. The van der Waals surface area contributed by atoms with Crippen molar-refractivity contribution in [3.8, 4) is 11.5 Å². The maximum Gasteiger partial charge on any atom is 0.367 e. The fraction of sp³-hybridized carbons (Fsp3) is 0.167. The van der Waals surface area contributed by atoms with E-state index in [2.05, 4.69) is 54.9 Å². The Morgan fingerprint density at radius 3 is 1.48 bits per heavy atom. The molecule has 0 saturated carbocycles. The fourth-order valence-electron chi connectivity index (χ4n) is 3.42. The van der Waals surface area contributed by atoms with Gasteiger partial charge in [-0.3, -0.25) is 0 Å². The molecule has 0 unspecified atom stereocenters. The largest absolute Gasteiger partial charge is 0.424 e. The monoisotopic (exact) mass is 421 g/mol. The smallest absolute Gasteiger partial charge is 0.367 e. The average molecular weight is 422 g/mol. The Kier molecular flexibility index (Phi) is 5.86. The van der Waals surface area contributed by atoms with Gasteiger partial charge in [0.2, 0.25) is 0 Å². The molecule has 0 amide bonds. The summed E-state index contributed by atoms with van der Waals surface area (Å²) in [7, 11) is 0. The summed E-state index contributed by atoms with van der Waals surface area (Å²) in [5.74, 6) is 1.47. The molecule has 29 heavy (non-hydrogen) atoms. The van der Waals surface area contributed by atoms with Gasteiger partial charge in [-0.25, -0.2) is 4.67 Å². The minimum Gasteiger partial charge on any atom is -0.424 e. The maximum absolute atomic E-state index is 6.40. The van der Waals surface area contributed by atoms with E-state index < -0.39 is 6.64 Å². The van der Waals surface area contributed by atoms with Gasteiger partial charge in [-0.1, -0.05) is 74.5 Å². The minimum absolute atomic E-state index is 0.736. The van der Waals surface area contributed by atoms with Crippen molar-refractivity contribution in [1.29, 1.82) is 0 Å². The van der Waals surface area contributed by atoms with Gasteiger partial charge in [0.25, 0.3) is 0 Å². The lowest BCUT2D eigenvalue weighted by Crippen LogP contribution is -2.25. The molecule has 4 rings (SSSR count). The van der Waals surface area contributed by atoms with Crippen LogP contribution in [0.15, 0.2) is 84.9 Å². The number of fused-ring (bicyclic) bond motifs is 2. The molecule has 0 bridgehead atoms. The van der Waals surface area contributed by atoms with E-state index >= 15 is 0 Å². The molecule has 0 spiro atoms. The zero-order chi connectivity index (χ0) is 20.3. The third-order valence-electron chi connectivity index (χ3n) is 4.96. The number of benzene rings is 4. The highest BCUT2D eigenvalue weighted by Gasteiger charge is 2.30. The van der Waals surface area contributed by atoms with Crippen LogP contribution in [-0.2, 0) is 11.8 Å². The molecule has 0 aliphatic carbocycles. The average Bonchev–Trinajstić information content (AvgIpc) is 2.74. The highest BCUT2D eigenvalue weighted by Crippen LogP contribution is 2.52. The van der Waals surface area contributed by atoms with Crippen molar-refractivity contribution < 1.29 is 9.05 Å². The summed E-state index contributed by atoms with van der Waals surface area (Å²) < 4.78 is 14.9. The summed E-state index contributed by atoms with van der Waals surface area (Å²) in [4.78, 5) is 0. The molecular formula is C24H24NO2PS. The number of rotatable bonds is 7. The van der Waals surface area contributed by atoms with E-state index in [0.717, 1.165) is 35.4 Å². The molecule has 0 atom stereocenters. The quantitative estimate of drug-likeness (QED) is 0.299. The Morgan fingerprint density at radius 2 is 1.07 bits per heavy atom. The van der Waals surface area contributed by atoms with Crippen molar-refractivity contribution in [3.63, 3.8) is 0 Å². The number of hydrogen-bond acceptors (Lipinski definition) is 3. The van der Waals surface area contributed by atoms with Crippen LogP contribution in [0.2, 0.25) is 0 Å². The lowest BCUT2D eigenvalue weighted by Gasteiger charge is -2.32. The standard InChI is InChI=1S/C24H24NO2PS/c1-3-25(4-2)28(29,26-23-15-13-19-9-5-7-11-21(19)17-23)27-24-16-14-20-10-6-8-12-22(20)18-24/h5-18H,3-4H2,1-2H3. The molecule has 0 radical (unpaired) electrons. The van der Waals surface area contributed by atoms with E-state index in [0.29, 0.717) is 0 Å². The van der Waals surface area contributed by atoms with Crippen LogP contribution in [0.4, 0.5) is 0 Å². The van der Waals surface area contributed by atoms with Gasteiger partial charge >= 0.3 is 6.64 Å². The predicted octanol–water partition coefficient (Wildman–Crippen LogP) is 7.02. The second-order valence-electron chi connectivity index (χ2n) is 6.81. The minimum atomic E-state index is -2.76. The normalized spacial score (nSPS) is 11.8. The van der Waals surface area contributed by atoms with E-state index in [1.54, 1.807) is 0 Å². The van der Waals surface area contributed by atoms with Crippen LogP contribution in [-0.4, -0.2) is 17.8 Å². The lowest BCUT2D eigenvalue weighted by atomic mass is 10.1. The summed E-state index contributed by atoms with van der Waals surface area (Å²) in [5, 5.41) is 4.59. The van der Waals surface area contributed by atoms with E-state index in [9.17, 15) is 0 Å².